The number of piperidine rings is 1. The van der Waals surface area contributed by atoms with Crippen LogP contribution >= 0.6 is 0 Å². The van der Waals surface area contributed by atoms with Crippen molar-refractivity contribution in [3.05, 3.63) is 113 Å². The number of hydrogen-bond acceptors (Lipinski definition) is 3. The van der Waals surface area contributed by atoms with Crippen molar-refractivity contribution in [3.63, 3.8) is 0 Å². The maximum absolute atomic E-state index is 13.7. The van der Waals surface area contributed by atoms with E-state index < -0.39 is 0 Å². The van der Waals surface area contributed by atoms with Crippen molar-refractivity contribution in [2.75, 3.05) is 11.9 Å². The first-order valence-electron chi connectivity index (χ1n) is 12.7. The van der Waals surface area contributed by atoms with Gasteiger partial charge in [0.05, 0.1) is 0 Å². The van der Waals surface area contributed by atoms with Gasteiger partial charge in [0, 0.05) is 61.1 Å². The Kier molecular flexibility index (Phi) is 4.08. The highest BCUT2D eigenvalue weighted by molar-refractivity contribution is 6.10. The standard InChI is InChI=1S/C31H22N4O3.3H2/c36-27-14-28-31(22-7-3-2-6-21(22)27)15-19(31)16-35(28)30(38)26-13-18-11-20(9-10-24(18)34-26)32-29(37)25-12-17-5-1-4-8-23(17)33-25;;;/h1-14,19,33-34H,15-16H2,(H,32,37);3*1H/t19-,31?;;;/m1.../s1. The number of allylic oxidation sites excluding steroid dienone is 2. The predicted molar refractivity (Wildman–Crippen MR) is 151 cm³/mol. The van der Waals surface area contributed by atoms with Gasteiger partial charge in [-0.2, -0.15) is 0 Å². The van der Waals surface area contributed by atoms with Gasteiger partial charge in [0.2, 0.25) is 0 Å². The lowest BCUT2D eigenvalue weighted by molar-refractivity contribution is 0.0806. The summed E-state index contributed by atoms with van der Waals surface area (Å²) in [5.74, 6) is -0.0839. The number of hydrogen-bond donors (Lipinski definition) is 3. The van der Waals surface area contributed by atoms with Crippen LogP contribution in [0.15, 0.2) is 90.6 Å². The summed E-state index contributed by atoms with van der Waals surface area (Å²) < 4.78 is 0. The molecule has 1 spiro atoms. The smallest absolute Gasteiger partial charge is 0.274 e. The fourth-order valence-corrected chi connectivity index (χ4v) is 6.44. The molecular formula is C31H28N4O3. The number of ketones is 1. The van der Waals surface area contributed by atoms with Gasteiger partial charge in [0.15, 0.2) is 5.78 Å². The highest BCUT2D eigenvalue weighted by atomic mass is 16.2. The summed E-state index contributed by atoms with van der Waals surface area (Å²) in [6.07, 6.45) is 2.63. The minimum Gasteiger partial charge on any atom is -0.351 e. The molecule has 1 saturated heterocycles. The van der Waals surface area contributed by atoms with Gasteiger partial charge in [-0.05, 0) is 54.3 Å². The van der Waals surface area contributed by atoms with Crippen LogP contribution in [0.3, 0.4) is 0 Å². The molecule has 3 N–H and O–H groups in total. The molecule has 2 aromatic heterocycles. The van der Waals surface area contributed by atoms with Crippen LogP contribution in [0.2, 0.25) is 0 Å². The fourth-order valence-electron chi connectivity index (χ4n) is 6.44. The van der Waals surface area contributed by atoms with Crippen molar-refractivity contribution >= 4 is 45.1 Å². The van der Waals surface area contributed by atoms with Gasteiger partial charge >= 0.3 is 0 Å². The maximum Gasteiger partial charge on any atom is 0.274 e. The summed E-state index contributed by atoms with van der Waals surface area (Å²) in [4.78, 5) is 47.5. The number of amides is 2. The normalized spacial score (nSPS) is 21.2. The molecule has 38 heavy (non-hydrogen) atoms. The number of carbonyl (C=O) groups excluding carboxylic acids is 3. The highest BCUT2D eigenvalue weighted by Gasteiger charge is 2.67. The van der Waals surface area contributed by atoms with E-state index >= 15 is 0 Å². The van der Waals surface area contributed by atoms with E-state index in [1.54, 1.807) is 11.0 Å². The molecule has 2 amide bonds. The van der Waals surface area contributed by atoms with E-state index in [4.69, 9.17) is 0 Å². The van der Waals surface area contributed by atoms with Crippen LogP contribution in [0.5, 0.6) is 0 Å². The van der Waals surface area contributed by atoms with Crippen molar-refractivity contribution in [2.45, 2.75) is 11.8 Å². The second kappa shape index (κ2) is 7.32. The summed E-state index contributed by atoms with van der Waals surface area (Å²) in [7, 11) is 0. The number of nitrogens with one attached hydrogen (secondary N) is 3. The van der Waals surface area contributed by atoms with Gasteiger partial charge in [0.1, 0.15) is 11.4 Å². The first-order chi connectivity index (χ1) is 18.5. The summed E-state index contributed by atoms with van der Waals surface area (Å²) in [5, 5.41) is 4.74. The Labute approximate surface area is 221 Å². The van der Waals surface area contributed by atoms with E-state index in [9.17, 15) is 14.4 Å². The molecule has 3 aliphatic rings. The lowest BCUT2D eigenvalue weighted by Gasteiger charge is -2.29. The van der Waals surface area contributed by atoms with Gasteiger partial charge < -0.3 is 20.2 Å². The Hall–Kier alpha value is -4.91. The molecule has 0 bridgehead atoms. The van der Waals surface area contributed by atoms with Gasteiger partial charge in [-0.1, -0.05) is 42.5 Å². The zero-order valence-corrected chi connectivity index (χ0v) is 20.2. The highest BCUT2D eigenvalue weighted by Crippen LogP contribution is 2.66. The second-order valence-electron chi connectivity index (χ2n) is 10.4. The molecule has 190 valence electrons. The van der Waals surface area contributed by atoms with Crippen LogP contribution in [-0.4, -0.2) is 39.0 Å². The van der Waals surface area contributed by atoms with Crippen molar-refractivity contribution in [1.29, 1.82) is 0 Å². The average molecular weight is 505 g/mol. The zero-order valence-electron chi connectivity index (χ0n) is 20.2. The quantitative estimate of drug-likeness (QED) is 0.276. The third-order valence-electron chi connectivity index (χ3n) is 8.33. The van der Waals surface area contributed by atoms with Crippen LogP contribution < -0.4 is 5.32 Å². The number of aromatic nitrogens is 2. The monoisotopic (exact) mass is 504 g/mol. The van der Waals surface area contributed by atoms with Crippen LogP contribution in [0, 0.1) is 5.92 Å². The molecule has 3 heterocycles. The van der Waals surface area contributed by atoms with E-state index in [-0.39, 0.29) is 27.3 Å². The summed E-state index contributed by atoms with van der Waals surface area (Å²) in [6, 6.07) is 24.7. The lowest BCUT2D eigenvalue weighted by Crippen LogP contribution is -2.33. The SMILES string of the molecule is O=C(Nc1ccc2[nH]c(C(=O)N3C[C@H]4CC45C3=CC(=O)c3ccccc35)cc2c1)c1cc2ccccc2[nH]1.[HH].[HH].[HH]. The third-order valence-corrected chi connectivity index (χ3v) is 8.33. The molecule has 5 aromatic rings. The van der Waals surface area contributed by atoms with E-state index in [1.165, 1.54) is 0 Å². The number of rotatable bonds is 3. The van der Waals surface area contributed by atoms with Gasteiger partial charge in [-0.25, -0.2) is 0 Å². The number of likely N-dealkylation sites (tertiary alicyclic amines) is 1. The largest absolute Gasteiger partial charge is 0.351 e. The Bertz CT molecular complexity index is 1880. The third kappa shape index (κ3) is 2.87. The van der Waals surface area contributed by atoms with E-state index in [2.05, 4.69) is 15.3 Å². The first-order valence-corrected chi connectivity index (χ1v) is 12.7. The number of carbonyl (C=O) groups is 3. The number of fused-ring (bicyclic) bond motifs is 3. The molecular weight excluding hydrogens is 476 g/mol. The number of anilines is 1. The van der Waals surface area contributed by atoms with Gasteiger partial charge in [-0.3, -0.25) is 14.4 Å². The van der Waals surface area contributed by atoms with Crippen LogP contribution in [0.1, 0.15) is 47.6 Å². The first kappa shape index (κ1) is 21.2. The predicted octanol–water partition coefficient (Wildman–Crippen LogP) is 6.13. The second-order valence-corrected chi connectivity index (χ2v) is 10.4. The van der Waals surface area contributed by atoms with Gasteiger partial charge in [-0.15, -0.1) is 0 Å². The molecule has 3 aromatic carbocycles. The molecule has 2 aliphatic carbocycles. The molecule has 1 unspecified atom stereocenters. The lowest BCUT2D eigenvalue weighted by atomic mass is 9.81. The Morgan fingerprint density at radius 2 is 1.66 bits per heavy atom. The zero-order chi connectivity index (χ0) is 25.6. The summed E-state index contributed by atoms with van der Waals surface area (Å²) in [5.41, 5.74) is 5.69. The average Bonchev–Trinajstić information content (AvgIpc) is 3.25. The number of aromatic amines is 2. The van der Waals surface area contributed by atoms with Crippen LogP contribution in [-0.2, 0) is 5.41 Å². The van der Waals surface area contributed by atoms with E-state index in [1.807, 2.05) is 78.9 Å². The minimum absolute atomic E-state index is 0. The number of para-hydroxylation sites is 1. The van der Waals surface area contributed by atoms with E-state index in [0.29, 0.717) is 29.5 Å². The topological polar surface area (TPSA) is 98.1 Å². The fraction of sp³-hybridized carbons (Fsp3) is 0.129. The molecule has 2 fully saturated rings. The molecule has 2 atom stereocenters. The molecule has 8 rings (SSSR count). The minimum atomic E-state index is -0.233. The Morgan fingerprint density at radius 3 is 2.55 bits per heavy atom. The number of H-pyrrole nitrogens is 2. The van der Waals surface area contributed by atoms with Crippen molar-refractivity contribution in [2.24, 2.45) is 5.92 Å². The van der Waals surface area contributed by atoms with Crippen LogP contribution in [0.25, 0.3) is 21.8 Å². The van der Waals surface area contributed by atoms with Crippen molar-refractivity contribution < 1.29 is 18.7 Å². The molecule has 1 aliphatic heterocycles. The molecule has 7 heteroatoms. The number of benzene rings is 3. The molecule has 0 radical (unpaired) electrons. The number of nitrogens with zero attached hydrogens (tertiary/aromatic N) is 1. The van der Waals surface area contributed by atoms with Crippen molar-refractivity contribution in [3.8, 4) is 0 Å². The van der Waals surface area contributed by atoms with Gasteiger partial charge in [0.25, 0.3) is 11.8 Å². The van der Waals surface area contributed by atoms with Crippen molar-refractivity contribution in [1.82, 2.24) is 14.9 Å². The van der Waals surface area contributed by atoms with E-state index in [0.717, 1.165) is 45.1 Å². The summed E-state index contributed by atoms with van der Waals surface area (Å²) in [6.45, 7) is 0.605. The molecule has 1 saturated carbocycles. The Balaban J connectivity index is 0.00000112. The Morgan fingerprint density at radius 1 is 0.895 bits per heavy atom. The maximum atomic E-state index is 13.7. The van der Waals surface area contributed by atoms with Crippen LogP contribution in [0.4, 0.5) is 5.69 Å². The summed E-state index contributed by atoms with van der Waals surface area (Å²) >= 11 is 0. The molecule has 7 nitrogen and oxygen atoms in total.